The molecule has 0 aromatic carbocycles. The third-order valence-electron chi connectivity index (χ3n) is 15.9. The largest absolute Gasteiger partial charge is 0.462 e. The van der Waals surface area contributed by atoms with Gasteiger partial charge < -0.3 is 14.2 Å². The van der Waals surface area contributed by atoms with E-state index in [9.17, 15) is 14.4 Å². The predicted molar refractivity (Wildman–Crippen MR) is 339 cm³/mol. The van der Waals surface area contributed by atoms with Crippen molar-refractivity contribution in [3.8, 4) is 0 Å². The van der Waals surface area contributed by atoms with Gasteiger partial charge in [0.25, 0.3) is 0 Å². The lowest BCUT2D eigenvalue weighted by atomic mass is 10.0. The number of rotatable bonds is 65. The zero-order chi connectivity index (χ0) is 56.4. The topological polar surface area (TPSA) is 78.9 Å². The Kier molecular flexibility index (Phi) is 65.1. The zero-order valence-corrected chi connectivity index (χ0v) is 52.7. The smallest absolute Gasteiger partial charge is 0.306 e. The van der Waals surface area contributed by atoms with E-state index in [1.165, 1.54) is 270 Å². The molecule has 0 saturated heterocycles. The Morgan fingerprint density at radius 3 is 0.718 bits per heavy atom. The van der Waals surface area contributed by atoms with Crippen LogP contribution in [-0.4, -0.2) is 37.2 Å². The van der Waals surface area contributed by atoms with E-state index in [4.69, 9.17) is 14.2 Å². The molecule has 0 fully saturated rings. The molecule has 0 spiro atoms. The van der Waals surface area contributed by atoms with E-state index in [2.05, 4.69) is 57.2 Å². The number of carbonyl (C=O) groups excluding carboxylic acids is 3. The normalized spacial score (nSPS) is 12.2. The Hall–Kier alpha value is -2.37. The van der Waals surface area contributed by atoms with Crippen molar-refractivity contribution in [1.82, 2.24) is 0 Å². The summed E-state index contributed by atoms with van der Waals surface area (Å²) in [6.07, 6.45) is 83.8. The van der Waals surface area contributed by atoms with Gasteiger partial charge in [-0.1, -0.05) is 346 Å². The number of carbonyl (C=O) groups is 3. The number of ether oxygens (including phenoxy) is 3. The van der Waals surface area contributed by atoms with Crippen molar-refractivity contribution in [2.24, 2.45) is 0 Å². The second-order valence-corrected chi connectivity index (χ2v) is 23.8. The lowest BCUT2D eigenvalue weighted by molar-refractivity contribution is -0.167. The van der Waals surface area contributed by atoms with Gasteiger partial charge in [-0.15, -0.1) is 0 Å². The molecule has 0 aliphatic rings. The van der Waals surface area contributed by atoms with E-state index in [0.717, 1.165) is 77.0 Å². The molecule has 0 heterocycles. The van der Waals surface area contributed by atoms with Crippen LogP contribution < -0.4 is 0 Å². The van der Waals surface area contributed by atoms with Gasteiger partial charge in [-0.3, -0.25) is 14.4 Å². The van der Waals surface area contributed by atoms with E-state index >= 15 is 0 Å². The highest BCUT2D eigenvalue weighted by Gasteiger charge is 2.19. The van der Waals surface area contributed by atoms with E-state index in [-0.39, 0.29) is 31.1 Å². The lowest BCUT2D eigenvalue weighted by Gasteiger charge is -2.18. The fourth-order valence-electron chi connectivity index (χ4n) is 10.6. The van der Waals surface area contributed by atoms with Gasteiger partial charge in [0, 0.05) is 19.3 Å². The molecule has 6 nitrogen and oxygen atoms in total. The van der Waals surface area contributed by atoms with Crippen LogP contribution in [0.2, 0.25) is 0 Å². The summed E-state index contributed by atoms with van der Waals surface area (Å²) in [6.45, 7) is 6.61. The van der Waals surface area contributed by atoms with Crippen molar-refractivity contribution in [3.05, 3.63) is 36.5 Å². The van der Waals surface area contributed by atoms with Gasteiger partial charge in [-0.2, -0.15) is 0 Å². The van der Waals surface area contributed by atoms with E-state index in [1.54, 1.807) is 0 Å². The monoisotopic (exact) mass is 1100 g/mol. The minimum atomic E-state index is -0.766. The minimum Gasteiger partial charge on any atom is -0.462 e. The van der Waals surface area contributed by atoms with Gasteiger partial charge in [-0.25, -0.2) is 0 Å². The first-order valence-electron chi connectivity index (χ1n) is 35.0. The van der Waals surface area contributed by atoms with E-state index in [0.29, 0.717) is 19.3 Å². The molecule has 0 saturated carbocycles. The summed E-state index contributed by atoms with van der Waals surface area (Å²) < 4.78 is 16.8. The van der Waals surface area contributed by atoms with Crippen LogP contribution in [0.15, 0.2) is 36.5 Å². The predicted octanol–water partition coefficient (Wildman–Crippen LogP) is 23.9. The van der Waals surface area contributed by atoms with Crippen LogP contribution in [0.1, 0.15) is 387 Å². The van der Waals surface area contributed by atoms with Crippen molar-refractivity contribution in [2.45, 2.75) is 393 Å². The average Bonchev–Trinajstić information content (AvgIpc) is 3.44. The van der Waals surface area contributed by atoms with Crippen molar-refractivity contribution in [1.29, 1.82) is 0 Å². The van der Waals surface area contributed by atoms with Crippen LogP contribution in [-0.2, 0) is 28.6 Å². The molecular weight excluding hydrogens is 961 g/mol. The standard InChI is InChI=1S/C72H134O6/c1-4-7-10-13-15-17-19-21-23-25-27-29-31-33-35-36-37-39-40-42-44-46-48-50-52-54-56-59-62-65-71(74)77-68-69(67-76-70(73)64-61-58-12-9-6-3)78-72(75)66-63-60-57-55-53-51-49-47-45-43-41-38-34-32-30-28-26-24-22-20-18-16-14-11-8-5-2/h19,21,25,27,31,33,69H,4-18,20,22-24,26,28-30,32,34-68H2,1-3H3/b21-19-,27-25-,33-31-. The van der Waals surface area contributed by atoms with Gasteiger partial charge in [0.1, 0.15) is 13.2 Å². The summed E-state index contributed by atoms with van der Waals surface area (Å²) in [4.78, 5) is 38.0. The molecule has 0 aliphatic carbocycles. The summed E-state index contributed by atoms with van der Waals surface area (Å²) in [5.74, 6) is -0.857. The van der Waals surface area contributed by atoms with Crippen LogP contribution >= 0.6 is 0 Å². The van der Waals surface area contributed by atoms with Crippen LogP contribution in [0.5, 0.6) is 0 Å². The third kappa shape index (κ3) is 64.5. The molecule has 0 rings (SSSR count). The Balaban J connectivity index is 3.94. The molecule has 0 aliphatic heterocycles. The van der Waals surface area contributed by atoms with Crippen molar-refractivity contribution in [2.75, 3.05) is 13.2 Å². The second-order valence-electron chi connectivity index (χ2n) is 23.8. The number of unbranched alkanes of at least 4 members (excludes halogenated alkanes) is 48. The van der Waals surface area contributed by atoms with Crippen LogP contribution in [0, 0.1) is 0 Å². The number of hydrogen-bond donors (Lipinski definition) is 0. The summed E-state index contributed by atoms with van der Waals surface area (Å²) in [5, 5.41) is 0. The van der Waals surface area contributed by atoms with Gasteiger partial charge in [0.2, 0.25) is 0 Å². The average molecular weight is 1100 g/mol. The first-order chi connectivity index (χ1) is 38.5. The molecule has 0 radical (unpaired) electrons. The quantitative estimate of drug-likeness (QED) is 0.0261. The summed E-state index contributed by atoms with van der Waals surface area (Å²) in [6, 6.07) is 0. The molecule has 458 valence electrons. The highest BCUT2D eigenvalue weighted by atomic mass is 16.6. The SMILES string of the molecule is CCCCCCC/C=C\C/C=C\C/C=C\CCCCCCCCCCCCCCCCC(=O)OCC(COC(=O)CCCCCCC)OC(=O)CCCCCCCCCCCCCCCCCCCCCCCCCCCC. The number of esters is 3. The molecular formula is C72H134O6. The Morgan fingerprint density at radius 1 is 0.256 bits per heavy atom. The third-order valence-corrected chi connectivity index (χ3v) is 15.9. The maximum absolute atomic E-state index is 12.9. The molecule has 0 aromatic heterocycles. The van der Waals surface area contributed by atoms with Gasteiger partial charge in [-0.05, 0) is 57.8 Å². The molecule has 0 amide bonds. The highest BCUT2D eigenvalue weighted by Crippen LogP contribution is 2.19. The Labute approximate surface area is 486 Å². The highest BCUT2D eigenvalue weighted by molar-refractivity contribution is 5.71. The molecule has 1 atom stereocenters. The summed E-state index contributed by atoms with van der Waals surface area (Å²) >= 11 is 0. The van der Waals surface area contributed by atoms with Crippen molar-refractivity contribution >= 4 is 17.9 Å². The van der Waals surface area contributed by atoms with Gasteiger partial charge in [0.05, 0.1) is 0 Å². The van der Waals surface area contributed by atoms with Gasteiger partial charge >= 0.3 is 17.9 Å². The molecule has 6 heteroatoms. The maximum atomic E-state index is 12.9. The fraction of sp³-hybridized carbons (Fsp3) is 0.875. The molecule has 0 N–H and O–H groups in total. The van der Waals surface area contributed by atoms with Crippen LogP contribution in [0.4, 0.5) is 0 Å². The van der Waals surface area contributed by atoms with E-state index < -0.39 is 6.10 Å². The van der Waals surface area contributed by atoms with Crippen molar-refractivity contribution in [3.63, 3.8) is 0 Å². The zero-order valence-electron chi connectivity index (χ0n) is 52.7. The summed E-state index contributed by atoms with van der Waals surface area (Å²) in [5.41, 5.74) is 0. The van der Waals surface area contributed by atoms with Crippen molar-refractivity contribution < 1.29 is 28.6 Å². The number of hydrogen-bond acceptors (Lipinski definition) is 6. The first kappa shape index (κ1) is 75.6. The second kappa shape index (κ2) is 67.1. The Bertz CT molecular complexity index is 1300. The minimum absolute atomic E-state index is 0.0677. The fourth-order valence-corrected chi connectivity index (χ4v) is 10.6. The molecule has 0 bridgehead atoms. The number of allylic oxidation sites excluding steroid dienone is 6. The van der Waals surface area contributed by atoms with Crippen LogP contribution in [0.25, 0.3) is 0 Å². The lowest BCUT2D eigenvalue weighted by Crippen LogP contribution is -2.30. The molecule has 78 heavy (non-hydrogen) atoms. The van der Waals surface area contributed by atoms with Gasteiger partial charge in [0.15, 0.2) is 6.10 Å². The molecule has 0 aromatic rings. The van der Waals surface area contributed by atoms with Crippen LogP contribution in [0.3, 0.4) is 0 Å². The maximum Gasteiger partial charge on any atom is 0.306 e. The van der Waals surface area contributed by atoms with E-state index in [1.807, 2.05) is 0 Å². The summed E-state index contributed by atoms with van der Waals surface area (Å²) in [7, 11) is 0. The first-order valence-corrected chi connectivity index (χ1v) is 35.0. The molecule has 1 unspecified atom stereocenters. The Morgan fingerprint density at radius 2 is 0.462 bits per heavy atom.